The monoisotopic (exact) mass is 905 g/mol. The van der Waals surface area contributed by atoms with Gasteiger partial charge in [-0.15, -0.1) is 0 Å². The third-order valence-electron chi connectivity index (χ3n) is 9.73. The van der Waals surface area contributed by atoms with E-state index in [0.29, 0.717) is 23.9 Å². The van der Waals surface area contributed by atoms with Crippen LogP contribution in [0.25, 0.3) is 0 Å². The average molecular weight is 905 g/mol. The van der Waals surface area contributed by atoms with E-state index in [1.165, 1.54) is 25.7 Å². The lowest BCUT2D eigenvalue weighted by molar-refractivity contribution is -0.870. The number of nitrogens with zero attached hydrogens (tertiary/aromatic N) is 1. The predicted molar refractivity (Wildman–Crippen MR) is 271 cm³/mol. The molecule has 2 unspecified atom stereocenters. The van der Waals surface area contributed by atoms with Gasteiger partial charge >= 0.3 is 17.9 Å². The van der Waals surface area contributed by atoms with Gasteiger partial charge in [-0.1, -0.05) is 174 Å². The van der Waals surface area contributed by atoms with E-state index in [0.717, 1.165) is 89.9 Å². The summed E-state index contributed by atoms with van der Waals surface area (Å²) < 4.78 is 22.6. The molecule has 0 radical (unpaired) electrons. The number of carbonyl (C=O) groups excluding carboxylic acids is 2. The van der Waals surface area contributed by atoms with Gasteiger partial charge in [0.05, 0.1) is 34.4 Å². The Hall–Kier alpha value is -4.31. The molecule has 0 rings (SSSR count). The maximum Gasteiger partial charge on any atom is 0.361 e. The van der Waals surface area contributed by atoms with Crippen LogP contribution in [0.15, 0.2) is 122 Å². The summed E-state index contributed by atoms with van der Waals surface area (Å²) in [5.74, 6) is -2.14. The minimum atomic E-state index is -1.53. The van der Waals surface area contributed by atoms with Gasteiger partial charge < -0.3 is 28.5 Å². The van der Waals surface area contributed by atoms with Gasteiger partial charge in [0.2, 0.25) is 0 Å². The molecule has 0 heterocycles. The second-order valence-electron chi connectivity index (χ2n) is 17.0. The van der Waals surface area contributed by atoms with Crippen LogP contribution in [-0.2, 0) is 33.3 Å². The lowest BCUT2D eigenvalue weighted by Gasteiger charge is -2.25. The Kier molecular flexibility index (Phi) is 43.2. The summed E-state index contributed by atoms with van der Waals surface area (Å²) in [6.45, 7) is 4.51. The van der Waals surface area contributed by atoms with Crippen molar-refractivity contribution < 1.29 is 42.9 Å². The molecule has 0 spiro atoms. The lowest BCUT2D eigenvalue weighted by atomic mass is 10.1. The largest absolute Gasteiger partial charge is 0.477 e. The fraction of sp³-hybridized carbons (Fsp3) is 0.589. The molecule has 0 amide bonds. The van der Waals surface area contributed by atoms with Gasteiger partial charge in [-0.2, -0.15) is 0 Å². The molecule has 1 N–H and O–H groups in total. The summed E-state index contributed by atoms with van der Waals surface area (Å²) in [5, 5.41) is 9.65. The molecule has 0 fully saturated rings. The number of carboxylic acid groups (broad SMARTS) is 1. The van der Waals surface area contributed by atoms with Crippen molar-refractivity contribution in [2.24, 2.45) is 0 Å². The quantitative estimate of drug-likeness (QED) is 0.0212. The van der Waals surface area contributed by atoms with Crippen molar-refractivity contribution in [1.82, 2.24) is 0 Å². The second kappa shape index (κ2) is 46.2. The van der Waals surface area contributed by atoms with Crippen molar-refractivity contribution in [1.29, 1.82) is 0 Å². The topological polar surface area (TPSA) is 108 Å². The standard InChI is InChI=1S/C56H89NO8/c1-6-8-10-12-14-16-18-20-21-22-23-24-25-26-27-28-29-30-31-32-33-35-37-39-41-43-45-47-54(59)65-52(51-64-56(55(60)61)62-49-48-57(3,4)5)50-63-53(58)46-44-42-40-38-36-34-19-17-15-13-11-9-7-2/h8-11,14-17,20-21,23-24,26-27,29-30,34,36,40,42,52,56H,6-7,12-13,18-19,22,25,28,31-33,35,37-39,41,43-51H2,1-5H3/p+1/b10-8-,11-9-,16-14-,17-15-,21-20-,24-23-,27-26-,30-29-,36-34-,42-40-. The highest BCUT2D eigenvalue weighted by molar-refractivity contribution is 5.71. The number of quaternary nitrogens is 1. The number of hydrogen-bond acceptors (Lipinski definition) is 7. The number of aliphatic carboxylic acids is 1. The zero-order valence-electron chi connectivity index (χ0n) is 41.3. The summed E-state index contributed by atoms with van der Waals surface area (Å²) in [5.41, 5.74) is 0. The van der Waals surface area contributed by atoms with E-state index < -0.39 is 30.3 Å². The van der Waals surface area contributed by atoms with Crippen molar-refractivity contribution in [3.63, 3.8) is 0 Å². The molecule has 0 aromatic rings. The normalized spacial score (nSPS) is 13.9. The molecule has 0 aromatic heterocycles. The SMILES string of the molecule is CC/C=C\C/C=C\C/C=C\C/C=C\C/C=C\C/C=C\CCCCCCCCCCC(=O)OC(COC(=O)CC/C=C\C/C=C\C/C=C\C/C=C\CC)COC(OCC[N+](C)(C)C)C(=O)O. The Morgan fingerprint density at radius 1 is 0.462 bits per heavy atom. The molecule has 2 atom stereocenters. The van der Waals surface area contributed by atoms with Crippen LogP contribution in [0, 0.1) is 0 Å². The number of esters is 2. The van der Waals surface area contributed by atoms with Gasteiger partial charge in [0.25, 0.3) is 6.29 Å². The highest BCUT2D eigenvalue weighted by Crippen LogP contribution is 2.13. The molecule has 9 nitrogen and oxygen atoms in total. The molecule has 0 saturated carbocycles. The minimum Gasteiger partial charge on any atom is -0.477 e. The molecular formula is C56H90NO8+. The van der Waals surface area contributed by atoms with E-state index in [2.05, 4.69) is 123 Å². The lowest BCUT2D eigenvalue weighted by Crippen LogP contribution is -2.40. The van der Waals surface area contributed by atoms with E-state index in [9.17, 15) is 19.5 Å². The summed E-state index contributed by atoms with van der Waals surface area (Å²) in [4.78, 5) is 37.2. The Labute approximate surface area is 396 Å². The van der Waals surface area contributed by atoms with Crippen molar-refractivity contribution >= 4 is 17.9 Å². The maximum absolute atomic E-state index is 12.8. The summed E-state index contributed by atoms with van der Waals surface area (Å²) in [6.07, 6.45) is 61.4. The summed E-state index contributed by atoms with van der Waals surface area (Å²) >= 11 is 0. The van der Waals surface area contributed by atoms with E-state index in [1.54, 1.807) is 0 Å². The minimum absolute atomic E-state index is 0.168. The van der Waals surface area contributed by atoms with Crippen LogP contribution < -0.4 is 0 Å². The summed E-state index contributed by atoms with van der Waals surface area (Å²) in [7, 11) is 5.92. The van der Waals surface area contributed by atoms with Crippen molar-refractivity contribution in [3.05, 3.63) is 122 Å². The fourth-order valence-electron chi connectivity index (χ4n) is 5.97. The summed E-state index contributed by atoms with van der Waals surface area (Å²) in [6, 6.07) is 0. The maximum atomic E-state index is 12.8. The van der Waals surface area contributed by atoms with E-state index in [1.807, 2.05) is 33.3 Å². The van der Waals surface area contributed by atoms with Crippen LogP contribution in [0.4, 0.5) is 0 Å². The van der Waals surface area contributed by atoms with Crippen molar-refractivity contribution in [2.75, 3.05) is 47.5 Å². The van der Waals surface area contributed by atoms with Crippen LogP contribution in [0.2, 0.25) is 0 Å². The highest BCUT2D eigenvalue weighted by atomic mass is 16.7. The zero-order valence-corrected chi connectivity index (χ0v) is 41.3. The number of carboxylic acids is 1. The number of unbranched alkanes of at least 4 members (excludes halogenated alkanes) is 8. The van der Waals surface area contributed by atoms with Crippen LogP contribution in [0.3, 0.4) is 0 Å². The predicted octanol–water partition coefficient (Wildman–Crippen LogP) is 13.8. The Morgan fingerprint density at radius 2 is 0.862 bits per heavy atom. The fourth-order valence-corrected chi connectivity index (χ4v) is 5.97. The van der Waals surface area contributed by atoms with Gasteiger partial charge in [-0.3, -0.25) is 9.59 Å². The molecule has 0 aliphatic heterocycles. The number of rotatable bonds is 43. The van der Waals surface area contributed by atoms with Gasteiger partial charge in [0.15, 0.2) is 6.10 Å². The van der Waals surface area contributed by atoms with E-state index >= 15 is 0 Å². The molecule has 0 aromatic carbocycles. The smallest absolute Gasteiger partial charge is 0.361 e. The first-order valence-corrected chi connectivity index (χ1v) is 24.7. The Balaban J connectivity index is 4.40. The van der Waals surface area contributed by atoms with Crippen LogP contribution in [0.5, 0.6) is 0 Å². The van der Waals surface area contributed by atoms with Crippen molar-refractivity contribution in [2.45, 2.75) is 167 Å². The number of allylic oxidation sites excluding steroid dienone is 20. The average Bonchev–Trinajstić information content (AvgIpc) is 3.27. The van der Waals surface area contributed by atoms with Gasteiger partial charge in [-0.25, -0.2) is 4.79 Å². The molecular weight excluding hydrogens is 815 g/mol. The molecule has 9 heteroatoms. The Morgan fingerprint density at radius 3 is 1.29 bits per heavy atom. The molecule has 0 bridgehead atoms. The van der Waals surface area contributed by atoms with Crippen molar-refractivity contribution in [3.8, 4) is 0 Å². The van der Waals surface area contributed by atoms with Gasteiger partial charge in [-0.05, 0) is 89.9 Å². The second-order valence-corrected chi connectivity index (χ2v) is 17.0. The van der Waals surface area contributed by atoms with Gasteiger partial charge in [0.1, 0.15) is 13.2 Å². The molecule has 0 aliphatic rings. The van der Waals surface area contributed by atoms with Crippen LogP contribution in [0.1, 0.15) is 155 Å². The number of hydrogen-bond donors (Lipinski definition) is 1. The third-order valence-corrected chi connectivity index (χ3v) is 9.73. The first-order chi connectivity index (χ1) is 31.6. The number of likely N-dealkylation sites (N-methyl/N-ethyl adjacent to an activating group) is 1. The van der Waals surface area contributed by atoms with Crippen LogP contribution in [-0.4, -0.2) is 87.4 Å². The van der Waals surface area contributed by atoms with E-state index in [-0.39, 0.29) is 32.7 Å². The molecule has 65 heavy (non-hydrogen) atoms. The Bertz CT molecular complexity index is 1470. The first kappa shape index (κ1) is 60.7. The number of carbonyl (C=O) groups is 3. The third kappa shape index (κ3) is 47.5. The van der Waals surface area contributed by atoms with Gasteiger partial charge in [0, 0.05) is 12.8 Å². The first-order valence-electron chi connectivity index (χ1n) is 24.7. The highest BCUT2D eigenvalue weighted by Gasteiger charge is 2.25. The molecule has 0 saturated heterocycles. The zero-order chi connectivity index (χ0) is 47.7. The van der Waals surface area contributed by atoms with Crippen LogP contribution >= 0.6 is 0 Å². The molecule has 366 valence electrons. The molecule has 0 aliphatic carbocycles. The number of ether oxygens (including phenoxy) is 4. The van der Waals surface area contributed by atoms with E-state index in [4.69, 9.17) is 18.9 Å².